The van der Waals surface area contributed by atoms with Crippen LogP contribution < -0.4 is 0 Å². The average molecular weight is 299 g/mol. The fourth-order valence-corrected chi connectivity index (χ4v) is 2.57. The zero-order valence-corrected chi connectivity index (χ0v) is 13.3. The van der Waals surface area contributed by atoms with E-state index in [1.807, 2.05) is 11.7 Å². The molecule has 112 valence electrons. The Bertz CT molecular complexity index is 561. The second-order valence-electron chi connectivity index (χ2n) is 4.88. The van der Waals surface area contributed by atoms with Crippen LogP contribution in [0.15, 0.2) is 0 Å². The van der Waals surface area contributed by atoms with Crippen LogP contribution in [0.4, 0.5) is 0 Å². The number of hydrogen-bond acceptors (Lipinski definition) is 3. The first-order valence-corrected chi connectivity index (χ1v) is 7.81. The predicted octanol–water partition coefficient (Wildman–Crippen LogP) is 2.89. The quantitative estimate of drug-likeness (QED) is 0.556. The first-order valence-electron chi connectivity index (χ1n) is 7.27. The lowest BCUT2D eigenvalue weighted by molar-refractivity contribution is 0.123. The van der Waals surface area contributed by atoms with Gasteiger partial charge in [0, 0.05) is 20.2 Å². The summed E-state index contributed by atoms with van der Waals surface area (Å²) in [5, 5.41) is 4.51. The molecular formula is C14H23ClN4O. The average Bonchev–Trinajstić information content (AvgIpc) is 2.96. The summed E-state index contributed by atoms with van der Waals surface area (Å²) in [6, 6.07) is 0. The maximum absolute atomic E-state index is 6.02. The lowest BCUT2D eigenvalue weighted by Gasteiger charge is -2.08. The van der Waals surface area contributed by atoms with Crippen molar-refractivity contribution in [1.29, 1.82) is 0 Å². The molecule has 2 heterocycles. The number of hydrogen-bond donors (Lipinski definition) is 0. The molecule has 2 rings (SSSR count). The second-order valence-corrected chi connectivity index (χ2v) is 5.14. The van der Waals surface area contributed by atoms with Crippen LogP contribution in [0, 0.1) is 0 Å². The van der Waals surface area contributed by atoms with Gasteiger partial charge in [-0.1, -0.05) is 20.3 Å². The molecule has 20 heavy (non-hydrogen) atoms. The minimum absolute atomic E-state index is 0.410. The van der Waals surface area contributed by atoms with Crippen molar-refractivity contribution in [3.05, 3.63) is 11.5 Å². The Balaban J connectivity index is 2.19. The zero-order chi connectivity index (χ0) is 14.5. The fraction of sp³-hybridized carbons (Fsp3) is 0.714. The van der Waals surface area contributed by atoms with Crippen LogP contribution in [0.3, 0.4) is 0 Å². The number of unbranched alkanes of at least 4 members (excludes halogenated alkanes) is 1. The summed E-state index contributed by atoms with van der Waals surface area (Å²) in [5.41, 5.74) is 3.04. The lowest BCUT2D eigenvalue weighted by atomic mass is 10.3. The van der Waals surface area contributed by atoms with Crippen LogP contribution in [0.1, 0.15) is 38.2 Å². The summed E-state index contributed by atoms with van der Waals surface area (Å²) in [6.45, 7) is 6.52. The molecule has 0 amide bonds. The van der Waals surface area contributed by atoms with Gasteiger partial charge in [-0.2, -0.15) is 5.10 Å². The van der Waals surface area contributed by atoms with Gasteiger partial charge in [0.1, 0.15) is 11.3 Å². The minimum atomic E-state index is 0.410. The van der Waals surface area contributed by atoms with Crippen LogP contribution in [-0.2, 0) is 30.6 Å². The van der Waals surface area contributed by atoms with E-state index in [-0.39, 0.29) is 0 Å². The van der Waals surface area contributed by atoms with Crippen molar-refractivity contribution < 1.29 is 4.74 Å². The van der Waals surface area contributed by atoms with Gasteiger partial charge in [-0.15, -0.1) is 11.6 Å². The summed E-state index contributed by atoms with van der Waals surface area (Å²) in [6.07, 6.45) is 3.14. The smallest absolute Gasteiger partial charge is 0.158 e. The van der Waals surface area contributed by atoms with Gasteiger partial charge in [-0.25, -0.2) is 4.98 Å². The van der Waals surface area contributed by atoms with E-state index in [9.17, 15) is 0 Å². The van der Waals surface area contributed by atoms with E-state index in [4.69, 9.17) is 16.3 Å². The van der Waals surface area contributed by atoms with Crippen molar-refractivity contribution in [2.24, 2.45) is 7.05 Å². The van der Waals surface area contributed by atoms with Crippen LogP contribution in [-0.4, -0.2) is 32.5 Å². The third-order valence-corrected chi connectivity index (χ3v) is 3.67. The van der Waals surface area contributed by atoms with E-state index in [0.29, 0.717) is 12.5 Å². The summed E-state index contributed by atoms with van der Waals surface area (Å²) in [5.74, 6) is 1.30. The van der Waals surface area contributed by atoms with E-state index in [1.54, 1.807) is 0 Å². The molecule has 0 bridgehead atoms. The zero-order valence-electron chi connectivity index (χ0n) is 12.5. The highest BCUT2D eigenvalue weighted by Crippen LogP contribution is 2.21. The van der Waals surface area contributed by atoms with Gasteiger partial charge in [0.05, 0.1) is 18.2 Å². The van der Waals surface area contributed by atoms with Gasteiger partial charge in [-0.3, -0.25) is 4.68 Å². The number of nitrogens with zero attached hydrogens (tertiary/aromatic N) is 4. The lowest BCUT2D eigenvalue weighted by Crippen LogP contribution is -2.11. The molecule has 6 heteroatoms. The standard InChI is InChI=1S/C14H23ClN4O/c1-4-6-8-20-9-7-19-12(10-15)16-13-11(5-2)17-18(3)14(13)19/h4-10H2,1-3H3. The Hall–Kier alpha value is -1.07. The highest BCUT2D eigenvalue weighted by Gasteiger charge is 2.17. The van der Waals surface area contributed by atoms with Crippen molar-refractivity contribution in [3.63, 3.8) is 0 Å². The summed E-state index contributed by atoms with van der Waals surface area (Å²) < 4.78 is 9.66. The molecule has 0 aliphatic heterocycles. The molecule has 0 saturated heterocycles. The van der Waals surface area contributed by atoms with Crippen molar-refractivity contribution in [3.8, 4) is 0 Å². The van der Waals surface area contributed by atoms with Crippen LogP contribution in [0.5, 0.6) is 0 Å². The van der Waals surface area contributed by atoms with E-state index in [1.165, 1.54) is 0 Å². The van der Waals surface area contributed by atoms with Crippen molar-refractivity contribution >= 4 is 22.8 Å². The van der Waals surface area contributed by atoms with Gasteiger partial charge in [-0.05, 0) is 12.8 Å². The Morgan fingerprint density at radius 2 is 2.05 bits per heavy atom. The molecule has 0 N–H and O–H groups in total. The molecule has 0 atom stereocenters. The van der Waals surface area contributed by atoms with Crippen molar-refractivity contribution in [2.75, 3.05) is 13.2 Å². The third-order valence-electron chi connectivity index (χ3n) is 3.43. The maximum Gasteiger partial charge on any atom is 0.158 e. The van der Waals surface area contributed by atoms with Gasteiger partial charge in [0.25, 0.3) is 0 Å². The molecule has 5 nitrogen and oxygen atoms in total. The van der Waals surface area contributed by atoms with Crippen LogP contribution in [0.25, 0.3) is 11.2 Å². The Morgan fingerprint density at radius 3 is 2.70 bits per heavy atom. The molecule has 0 aliphatic carbocycles. The molecule has 2 aromatic rings. The Kier molecular flexibility index (Phi) is 5.43. The number of aryl methyl sites for hydroxylation is 2. The van der Waals surface area contributed by atoms with E-state index in [2.05, 4.69) is 28.5 Å². The van der Waals surface area contributed by atoms with Crippen molar-refractivity contribution in [1.82, 2.24) is 19.3 Å². The molecule has 0 aliphatic rings. The molecular weight excluding hydrogens is 276 g/mol. The van der Waals surface area contributed by atoms with E-state index >= 15 is 0 Å². The van der Waals surface area contributed by atoms with Gasteiger partial charge >= 0.3 is 0 Å². The van der Waals surface area contributed by atoms with Gasteiger partial charge in [0.15, 0.2) is 5.65 Å². The van der Waals surface area contributed by atoms with Crippen molar-refractivity contribution in [2.45, 2.75) is 45.5 Å². The maximum atomic E-state index is 6.02. The highest BCUT2D eigenvalue weighted by atomic mass is 35.5. The summed E-state index contributed by atoms with van der Waals surface area (Å²) in [7, 11) is 1.95. The number of ether oxygens (including phenoxy) is 1. The molecule has 0 unspecified atom stereocenters. The third kappa shape index (κ3) is 2.99. The normalized spacial score (nSPS) is 11.6. The van der Waals surface area contributed by atoms with Gasteiger partial charge in [0.2, 0.25) is 0 Å². The largest absolute Gasteiger partial charge is 0.380 e. The first-order chi connectivity index (χ1) is 9.72. The molecule has 0 saturated carbocycles. The molecule has 2 aromatic heterocycles. The van der Waals surface area contributed by atoms with Crippen LogP contribution >= 0.6 is 11.6 Å². The monoisotopic (exact) mass is 298 g/mol. The molecule has 0 aromatic carbocycles. The van der Waals surface area contributed by atoms with Crippen LogP contribution in [0.2, 0.25) is 0 Å². The predicted molar refractivity (Wildman–Crippen MR) is 81.2 cm³/mol. The van der Waals surface area contributed by atoms with E-state index in [0.717, 1.165) is 55.1 Å². The Morgan fingerprint density at radius 1 is 1.25 bits per heavy atom. The number of imidazole rings is 1. The highest BCUT2D eigenvalue weighted by molar-refractivity contribution is 6.16. The first kappa shape index (κ1) is 15.3. The summed E-state index contributed by atoms with van der Waals surface area (Å²) >= 11 is 6.02. The number of rotatable bonds is 8. The number of halogens is 1. The van der Waals surface area contributed by atoms with Gasteiger partial charge < -0.3 is 9.30 Å². The number of fused-ring (bicyclic) bond motifs is 1. The second kappa shape index (κ2) is 7.09. The molecule has 0 fully saturated rings. The topological polar surface area (TPSA) is 44.9 Å². The number of aromatic nitrogens is 4. The molecule has 0 spiro atoms. The summed E-state index contributed by atoms with van der Waals surface area (Å²) in [4.78, 5) is 4.63. The van der Waals surface area contributed by atoms with E-state index < -0.39 is 0 Å². The SMILES string of the molecule is CCCCOCCn1c(CCl)nc2c(CC)nn(C)c21. The molecule has 0 radical (unpaired) electrons. The number of alkyl halides is 1. The minimum Gasteiger partial charge on any atom is -0.380 e. The Labute approximate surface area is 124 Å². The fourth-order valence-electron chi connectivity index (χ4n) is 2.37.